The zero-order valence-corrected chi connectivity index (χ0v) is 15.8. The fourth-order valence-electron chi connectivity index (χ4n) is 3.10. The molecule has 0 unspecified atom stereocenters. The molecule has 1 saturated heterocycles. The molecule has 0 spiro atoms. The lowest BCUT2D eigenvalue weighted by Crippen LogP contribution is -2.39. The highest BCUT2D eigenvalue weighted by Crippen LogP contribution is 2.16. The molecule has 26 heavy (non-hydrogen) atoms. The topological polar surface area (TPSA) is 95.6 Å². The average Bonchev–Trinajstić information content (AvgIpc) is 2.67. The summed E-state index contributed by atoms with van der Waals surface area (Å²) in [6.07, 6.45) is 5.81. The van der Waals surface area contributed by atoms with Gasteiger partial charge in [0.1, 0.15) is 0 Å². The number of piperidine rings is 1. The average molecular weight is 361 g/mol. The van der Waals surface area contributed by atoms with E-state index in [1.807, 2.05) is 18.2 Å². The van der Waals surface area contributed by atoms with Crippen LogP contribution in [0.15, 0.2) is 29.4 Å². The first-order valence-electron chi connectivity index (χ1n) is 9.62. The first-order valence-corrected chi connectivity index (χ1v) is 9.62. The van der Waals surface area contributed by atoms with E-state index >= 15 is 0 Å². The van der Waals surface area contributed by atoms with Crippen LogP contribution in [0.1, 0.15) is 38.3 Å². The van der Waals surface area contributed by atoms with E-state index in [9.17, 15) is 4.79 Å². The predicted molar refractivity (Wildman–Crippen MR) is 105 cm³/mol. The van der Waals surface area contributed by atoms with Gasteiger partial charge in [-0.1, -0.05) is 6.07 Å². The second kappa shape index (κ2) is 11.5. The monoisotopic (exact) mass is 360 g/mol. The summed E-state index contributed by atoms with van der Waals surface area (Å²) in [5.74, 6) is 0.765. The van der Waals surface area contributed by atoms with Crippen LogP contribution in [0, 0.1) is 5.92 Å². The van der Waals surface area contributed by atoms with E-state index in [2.05, 4.69) is 32.4 Å². The van der Waals surface area contributed by atoms with Gasteiger partial charge < -0.3 is 21.3 Å². The number of nitrogens with zero attached hydrogens (tertiary/aromatic N) is 3. The van der Waals surface area contributed by atoms with Crippen LogP contribution in [0.4, 0.5) is 0 Å². The van der Waals surface area contributed by atoms with Crippen LogP contribution < -0.4 is 16.4 Å². The molecule has 0 aliphatic carbocycles. The fourth-order valence-corrected chi connectivity index (χ4v) is 3.10. The lowest BCUT2D eigenvalue weighted by Gasteiger charge is -2.30. The number of pyridine rings is 1. The van der Waals surface area contributed by atoms with Gasteiger partial charge >= 0.3 is 0 Å². The molecule has 144 valence electrons. The summed E-state index contributed by atoms with van der Waals surface area (Å²) in [5, 5.41) is 6.65. The van der Waals surface area contributed by atoms with Crippen LogP contribution >= 0.6 is 0 Å². The maximum atomic E-state index is 11.2. The first-order chi connectivity index (χ1) is 12.7. The number of carbonyl (C=O) groups is 1. The summed E-state index contributed by atoms with van der Waals surface area (Å²) >= 11 is 0. The van der Waals surface area contributed by atoms with Gasteiger partial charge in [0.15, 0.2) is 5.96 Å². The van der Waals surface area contributed by atoms with Crippen molar-refractivity contribution >= 4 is 11.9 Å². The molecule has 2 rings (SSSR count). The Morgan fingerprint density at radius 3 is 2.77 bits per heavy atom. The van der Waals surface area contributed by atoms with E-state index in [1.165, 1.54) is 0 Å². The molecule has 0 saturated carbocycles. The summed E-state index contributed by atoms with van der Waals surface area (Å²) in [6.45, 7) is 7.41. The lowest BCUT2D eigenvalue weighted by atomic mass is 9.96. The number of amides is 1. The van der Waals surface area contributed by atoms with Crippen LogP contribution in [-0.4, -0.2) is 54.5 Å². The summed E-state index contributed by atoms with van der Waals surface area (Å²) in [7, 11) is 0. The van der Waals surface area contributed by atoms with Crippen LogP contribution in [0.5, 0.6) is 0 Å². The van der Waals surface area contributed by atoms with E-state index in [0.29, 0.717) is 6.54 Å². The van der Waals surface area contributed by atoms with E-state index in [-0.39, 0.29) is 11.8 Å². The lowest BCUT2D eigenvalue weighted by molar-refractivity contribution is -0.123. The molecule has 1 fully saturated rings. The molecule has 7 nitrogen and oxygen atoms in total. The molecule has 0 atom stereocenters. The molecular formula is C19H32N6O. The zero-order chi connectivity index (χ0) is 18.6. The summed E-state index contributed by atoms with van der Waals surface area (Å²) in [6, 6.07) is 5.87. The number of likely N-dealkylation sites (tertiary alicyclic amines) is 1. The highest BCUT2D eigenvalue weighted by Gasteiger charge is 2.22. The minimum atomic E-state index is -0.144. The van der Waals surface area contributed by atoms with Crippen molar-refractivity contribution in [2.75, 3.05) is 32.7 Å². The first kappa shape index (κ1) is 20.2. The maximum absolute atomic E-state index is 11.2. The smallest absolute Gasteiger partial charge is 0.220 e. The van der Waals surface area contributed by atoms with Gasteiger partial charge in [0.2, 0.25) is 5.91 Å². The van der Waals surface area contributed by atoms with Crippen molar-refractivity contribution < 1.29 is 4.79 Å². The van der Waals surface area contributed by atoms with Crippen molar-refractivity contribution in [3.63, 3.8) is 0 Å². The molecule has 1 aliphatic heterocycles. The number of nitrogens with two attached hydrogens (primary N) is 1. The minimum absolute atomic E-state index is 0.0749. The SMILES string of the molecule is CCNC(=NCc1ccccn1)NCCCCN1CCC(C(N)=O)CC1. The van der Waals surface area contributed by atoms with Crippen LogP contribution in [0.3, 0.4) is 0 Å². The number of carbonyl (C=O) groups excluding carboxylic acids is 1. The number of rotatable bonds is 9. The van der Waals surface area contributed by atoms with Crippen molar-refractivity contribution in [3.8, 4) is 0 Å². The zero-order valence-electron chi connectivity index (χ0n) is 15.8. The number of primary amides is 1. The standard InChI is InChI=1S/C19H32N6O/c1-2-21-19(24-15-17-7-3-4-10-22-17)23-11-5-6-12-25-13-8-16(9-14-25)18(20)26/h3-4,7,10,16H,2,5-6,8-9,11-15H2,1H3,(H2,20,26)(H2,21,23,24). The summed E-state index contributed by atoms with van der Waals surface area (Å²) in [4.78, 5) is 22.5. The molecule has 1 aromatic heterocycles. The number of nitrogens with one attached hydrogen (secondary N) is 2. The second-order valence-electron chi connectivity index (χ2n) is 6.67. The quantitative estimate of drug-likeness (QED) is 0.348. The molecule has 0 bridgehead atoms. The van der Waals surface area contributed by atoms with Gasteiger partial charge in [-0.25, -0.2) is 4.99 Å². The number of aliphatic imine (C=N–C) groups is 1. The fraction of sp³-hybridized carbons (Fsp3) is 0.632. The highest BCUT2D eigenvalue weighted by atomic mass is 16.1. The number of aromatic nitrogens is 1. The van der Waals surface area contributed by atoms with Gasteiger partial charge in [-0.3, -0.25) is 9.78 Å². The van der Waals surface area contributed by atoms with Crippen molar-refractivity contribution in [1.82, 2.24) is 20.5 Å². The number of guanidine groups is 1. The molecule has 1 aliphatic rings. The normalized spacial score (nSPS) is 16.4. The van der Waals surface area contributed by atoms with Gasteiger partial charge in [-0.15, -0.1) is 0 Å². The van der Waals surface area contributed by atoms with Gasteiger partial charge in [0.05, 0.1) is 12.2 Å². The van der Waals surface area contributed by atoms with Gasteiger partial charge in [0.25, 0.3) is 0 Å². The molecule has 7 heteroatoms. The van der Waals surface area contributed by atoms with E-state index < -0.39 is 0 Å². The van der Waals surface area contributed by atoms with Gasteiger partial charge in [-0.2, -0.15) is 0 Å². The predicted octanol–water partition coefficient (Wildman–Crippen LogP) is 1.11. The Bertz CT molecular complexity index is 554. The molecule has 2 heterocycles. The molecule has 0 radical (unpaired) electrons. The maximum Gasteiger partial charge on any atom is 0.220 e. The number of unbranched alkanes of at least 4 members (excludes halogenated alkanes) is 1. The Morgan fingerprint density at radius 1 is 1.31 bits per heavy atom. The Morgan fingerprint density at radius 2 is 2.12 bits per heavy atom. The molecular weight excluding hydrogens is 328 g/mol. The third-order valence-corrected chi connectivity index (χ3v) is 4.65. The van der Waals surface area contributed by atoms with E-state index in [0.717, 1.165) is 70.1 Å². The highest BCUT2D eigenvalue weighted by molar-refractivity contribution is 5.79. The third-order valence-electron chi connectivity index (χ3n) is 4.65. The molecule has 0 aromatic carbocycles. The van der Waals surface area contributed by atoms with Gasteiger partial charge in [-0.05, 0) is 64.4 Å². The number of hydrogen-bond acceptors (Lipinski definition) is 4. The van der Waals surface area contributed by atoms with Crippen molar-refractivity contribution in [1.29, 1.82) is 0 Å². The Kier molecular flexibility index (Phi) is 8.89. The van der Waals surface area contributed by atoms with E-state index in [1.54, 1.807) is 6.20 Å². The van der Waals surface area contributed by atoms with E-state index in [4.69, 9.17) is 5.73 Å². The Labute approximate surface area is 156 Å². The number of hydrogen-bond donors (Lipinski definition) is 3. The van der Waals surface area contributed by atoms with Crippen LogP contribution in [0.2, 0.25) is 0 Å². The minimum Gasteiger partial charge on any atom is -0.369 e. The molecule has 1 aromatic rings. The van der Waals surface area contributed by atoms with Crippen molar-refractivity contribution in [2.24, 2.45) is 16.6 Å². The van der Waals surface area contributed by atoms with Gasteiger partial charge in [0, 0.05) is 25.2 Å². The Hall–Kier alpha value is -2.15. The third kappa shape index (κ3) is 7.39. The summed E-state index contributed by atoms with van der Waals surface area (Å²) < 4.78 is 0. The van der Waals surface area contributed by atoms with Crippen molar-refractivity contribution in [2.45, 2.75) is 39.2 Å². The van der Waals surface area contributed by atoms with Crippen molar-refractivity contribution in [3.05, 3.63) is 30.1 Å². The van der Waals surface area contributed by atoms with Crippen LogP contribution in [0.25, 0.3) is 0 Å². The summed E-state index contributed by atoms with van der Waals surface area (Å²) in [5.41, 5.74) is 6.34. The van der Waals surface area contributed by atoms with Crippen LogP contribution in [-0.2, 0) is 11.3 Å². The Balaban J connectivity index is 1.61. The second-order valence-corrected chi connectivity index (χ2v) is 6.67. The molecule has 4 N–H and O–H groups in total. The molecule has 1 amide bonds. The largest absolute Gasteiger partial charge is 0.369 e.